The number of carbonyl (C=O) groups is 1. The number of furan rings is 1. The van der Waals surface area contributed by atoms with Gasteiger partial charge in [-0.25, -0.2) is 0 Å². The van der Waals surface area contributed by atoms with Crippen LogP contribution < -0.4 is 5.32 Å². The van der Waals surface area contributed by atoms with Gasteiger partial charge in [0.25, 0.3) is 0 Å². The molecule has 0 radical (unpaired) electrons. The summed E-state index contributed by atoms with van der Waals surface area (Å²) < 4.78 is 6.02. The minimum absolute atomic E-state index is 0.162. The quantitative estimate of drug-likeness (QED) is 0.635. The third-order valence-corrected chi connectivity index (χ3v) is 5.31. The number of rotatable bonds is 6. The van der Waals surface area contributed by atoms with E-state index in [9.17, 15) is 4.79 Å². The molecule has 1 aliphatic carbocycles. The number of nitrogens with zero attached hydrogens (tertiary/aromatic N) is 1. The number of anilines is 1. The summed E-state index contributed by atoms with van der Waals surface area (Å²) >= 11 is 3.25. The highest BCUT2D eigenvalue weighted by Crippen LogP contribution is 2.25. The maximum absolute atomic E-state index is 12.3. The molecule has 1 aromatic carbocycles. The highest BCUT2D eigenvalue weighted by molar-refractivity contribution is 9.10. The summed E-state index contributed by atoms with van der Waals surface area (Å²) in [6.07, 6.45) is 9.69. The Morgan fingerprint density at radius 1 is 1.23 bits per heavy atom. The van der Waals surface area contributed by atoms with Crippen molar-refractivity contribution in [3.63, 3.8) is 0 Å². The highest BCUT2D eigenvalue weighted by atomic mass is 79.9. The average Bonchev–Trinajstić information content (AvgIpc) is 3.08. The van der Waals surface area contributed by atoms with Crippen LogP contribution in [-0.2, 0) is 11.3 Å². The molecular weight excluding hydrogens is 392 g/mol. The first-order chi connectivity index (χ1) is 12.6. The predicted octanol–water partition coefficient (Wildman–Crippen LogP) is 5.46. The van der Waals surface area contributed by atoms with Crippen LogP contribution in [0.2, 0.25) is 0 Å². The number of carbonyl (C=O) groups excluding carboxylic acids is 1. The van der Waals surface area contributed by atoms with Crippen molar-refractivity contribution < 1.29 is 9.21 Å². The molecule has 5 heteroatoms. The first-order valence-electron chi connectivity index (χ1n) is 9.14. The Bertz CT molecular complexity index is 763. The molecule has 0 bridgehead atoms. The van der Waals surface area contributed by atoms with Crippen LogP contribution in [0.3, 0.4) is 0 Å². The second kappa shape index (κ2) is 9.19. The van der Waals surface area contributed by atoms with Crippen molar-refractivity contribution in [1.82, 2.24) is 4.90 Å². The average molecular weight is 417 g/mol. The first kappa shape index (κ1) is 18.9. The minimum atomic E-state index is -0.162. The lowest BCUT2D eigenvalue weighted by Crippen LogP contribution is -2.33. The van der Waals surface area contributed by atoms with Crippen molar-refractivity contribution in [2.45, 2.75) is 44.7 Å². The van der Waals surface area contributed by atoms with Gasteiger partial charge in [0.1, 0.15) is 5.76 Å². The summed E-state index contributed by atoms with van der Waals surface area (Å²) in [7, 11) is 2.18. The zero-order valence-corrected chi connectivity index (χ0v) is 16.7. The molecule has 1 heterocycles. The molecule has 1 aromatic heterocycles. The van der Waals surface area contributed by atoms with Gasteiger partial charge in [0.2, 0.25) is 5.91 Å². The molecule has 0 unspecified atom stereocenters. The standard InChI is InChI=1S/C21H25BrN2O2/c1-24(17-8-3-2-4-9-17)15-16-7-5-6-10-19(16)23-21(25)14-12-18-11-13-20(22)26-18/h5-7,10-14,17H,2-4,8-9,15H2,1H3,(H,23,25)/b14-12+. The third kappa shape index (κ3) is 5.32. The van der Waals surface area contributed by atoms with Crippen molar-refractivity contribution in [3.8, 4) is 0 Å². The first-order valence-corrected chi connectivity index (χ1v) is 9.93. The fraction of sp³-hybridized carbons (Fsp3) is 0.381. The van der Waals surface area contributed by atoms with E-state index in [4.69, 9.17) is 4.42 Å². The summed E-state index contributed by atoms with van der Waals surface area (Å²) in [6.45, 7) is 0.843. The van der Waals surface area contributed by atoms with Crippen LogP contribution in [0.5, 0.6) is 0 Å². The summed E-state index contributed by atoms with van der Waals surface area (Å²) in [5.41, 5.74) is 2.01. The lowest BCUT2D eigenvalue weighted by atomic mass is 9.94. The number of hydrogen-bond acceptors (Lipinski definition) is 3. The molecule has 0 atom stereocenters. The summed E-state index contributed by atoms with van der Waals surface area (Å²) in [4.78, 5) is 14.7. The van der Waals surface area contributed by atoms with E-state index in [0.29, 0.717) is 16.5 Å². The fourth-order valence-corrected chi connectivity index (χ4v) is 3.77. The van der Waals surface area contributed by atoms with E-state index in [2.05, 4.69) is 39.3 Å². The molecule has 4 nitrogen and oxygen atoms in total. The van der Waals surface area contributed by atoms with Gasteiger partial charge in [-0.15, -0.1) is 0 Å². The van der Waals surface area contributed by atoms with E-state index < -0.39 is 0 Å². The van der Waals surface area contributed by atoms with Gasteiger partial charge in [-0.1, -0.05) is 37.5 Å². The van der Waals surface area contributed by atoms with Gasteiger partial charge in [0.15, 0.2) is 4.67 Å². The molecule has 1 amide bonds. The highest BCUT2D eigenvalue weighted by Gasteiger charge is 2.18. The maximum Gasteiger partial charge on any atom is 0.248 e. The Balaban J connectivity index is 1.62. The predicted molar refractivity (Wildman–Crippen MR) is 109 cm³/mol. The van der Waals surface area contributed by atoms with Gasteiger partial charge in [0, 0.05) is 24.4 Å². The number of hydrogen-bond donors (Lipinski definition) is 1. The molecule has 1 aliphatic rings. The molecule has 1 N–H and O–H groups in total. The number of amides is 1. The van der Waals surface area contributed by atoms with Crippen molar-refractivity contribution in [3.05, 3.63) is 58.5 Å². The summed E-state index contributed by atoms with van der Waals surface area (Å²) in [6, 6.07) is 12.3. The van der Waals surface area contributed by atoms with E-state index in [1.54, 1.807) is 18.2 Å². The van der Waals surface area contributed by atoms with Crippen LogP contribution in [0.25, 0.3) is 6.08 Å². The van der Waals surface area contributed by atoms with Crippen molar-refractivity contribution in [2.24, 2.45) is 0 Å². The maximum atomic E-state index is 12.3. The molecule has 2 aromatic rings. The van der Waals surface area contributed by atoms with E-state index in [1.165, 1.54) is 38.2 Å². The second-order valence-electron chi connectivity index (χ2n) is 6.83. The van der Waals surface area contributed by atoms with Crippen molar-refractivity contribution >= 4 is 33.6 Å². The van der Waals surface area contributed by atoms with Crippen LogP contribution in [0.4, 0.5) is 5.69 Å². The van der Waals surface area contributed by atoms with Gasteiger partial charge in [-0.3, -0.25) is 9.69 Å². The monoisotopic (exact) mass is 416 g/mol. The molecule has 26 heavy (non-hydrogen) atoms. The molecular formula is C21H25BrN2O2. The molecule has 1 saturated carbocycles. The Morgan fingerprint density at radius 2 is 2.00 bits per heavy atom. The molecule has 0 aliphatic heterocycles. The number of benzene rings is 1. The second-order valence-corrected chi connectivity index (χ2v) is 7.61. The van der Waals surface area contributed by atoms with Crippen LogP contribution in [0, 0.1) is 0 Å². The Hall–Kier alpha value is -1.85. The van der Waals surface area contributed by atoms with E-state index in [1.807, 2.05) is 18.2 Å². The fourth-order valence-electron chi connectivity index (χ4n) is 3.45. The van der Waals surface area contributed by atoms with Gasteiger partial charge in [0.05, 0.1) is 0 Å². The number of para-hydroxylation sites is 1. The molecule has 138 valence electrons. The summed E-state index contributed by atoms with van der Waals surface area (Å²) in [5, 5.41) is 2.99. The molecule has 0 saturated heterocycles. The van der Waals surface area contributed by atoms with Crippen LogP contribution in [0.1, 0.15) is 43.4 Å². The van der Waals surface area contributed by atoms with Gasteiger partial charge in [-0.05, 0) is 65.7 Å². The zero-order valence-electron chi connectivity index (χ0n) is 15.1. The Labute approximate surface area is 163 Å². The van der Waals surface area contributed by atoms with Gasteiger partial charge >= 0.3 is 0 Å². The van der Waals surface area contributed by atoms with E-state index >= 15 is 0 Å². The normalized spacial score (nSPS) is 15.7. The van der Waals surface area contributed by atoms with Gasteiger partial charge < -0.3 is 9.73 Å². The van der Waals surface area contributed by atoms with Crippen molar-refractivity contribution in [2.75, 3.05) is 12.4 Å². The van der Waals surface area contributed by atoms with Crippen LogP contribution >= 0.6 is 15.9 Å². The Morgan fingerprint density at radius 3 is 2.73 bits per heavy atom. The van der Waals surface area contributed by atoms with E-state index in [0.717, 1.165) is 17.8 Å². The Kier molecular flexibility index (Phi) is 6.69. The van der Waals surface area contributed by atoms with E-state index in [-0.39, 0.29) is 5.91 Å². The van der Waals surface area contributed by atoms with Crippen LogP contribution in [0.15, 0.2) is 51.6 Å². The topological polar surface area (TPSA) is 45.5 Å². The minimum Gasteiger partial charge on any atom is -0.450 e. The smallest absolute Gasteiger partial charge is 0.248 e. The van der Waals surface area contributed by atoms with Crippen LogP contribution in [-0.4, -0.2) is 23.9 Å². The lowest BCUT2D eigenvalue weighted by molar-refractivity contribution is -0.111. The molecule has 1 fully saturated rings. The number of nitrogens with one attached hydrogen (secondary N) is 1. The third-order valence-electron chi connectivity index (χ3n) is 4.89. The largest absolute Gasteiger partial charge is 0.450 e. The summed E-state index contributed by atoms with van der Waals surface area (Å²) in [5.74, 6) is 0.475. The number of halogens is 1. The van der Waals surface area contributed by atoms with Crippen molar-refractivity contribution in [1.29, 1.82) is 0 Å². The zero-order chi connectivity index (χ0) is 18.4. The SMILES string of the molecule is CN(Cc1ccccc1NC(=O)/C=C/c1ccc(Br)o1)C1CCCCC1. The molecule has 0 spiro atoms. The molecule has 3 rings (SSSR count). The lowest BCUT2D eigenvalue weighted by Gasteiger charge is -2.31. The van der Waals surface area contributed by atoms with Gasteiger partial charge in [-0.2, -0.15) is 0 Å².